The molecule has 19 heavy (non-hydrogen) atoms. The molecular weight excluding hydrogens is 243 g/mol. The molecule has 1 N–H and O–H groups in total. The monoisotopic (exact) mass is 262 g/mol. The number of hydrogen-bond acceptors (Lipinski definition) is 2. The van der Waals surface area contributed by atoms with Gasteiger partial charge < -0.3 is 10.2 Å². The van der Waals surface area contributed by atoms with Crippen LogP contribution in [-0.2, 0) is 0 Å². The van der Waals surface area contributed by atoms with Crippen molar-refractivity contribution in [3.63, 3.8) is 0 Å². The topological polar surface area (TPSA) is 32.3 Å². The average molecular weight is 262 g/mol. The van der Waals surface area contributed by atoms with Gasteiger partial charge in [-0.15, -0.1) is 0 Å². The van der Waals surface area contributed by atoms with E-state index in [2.05, 4.69) is 12.2 Å². The maximum absolute atomic E-state index is 13.2. The summed E-state index contributed by atoms with van der Waals surface area (Å²) in [5, 5.41) is 3.40. The Balaban J connectivity index is 1.84. The van der Waals surface area contributed by atoms with Gasteiger partial charge in [-0.05, 0) is 36.5 Å². The van der Waals surface area contributed by atoms with E-state index in [0.717, 1.165) is 26.1 Å². The van der Waals surface area contributed by atoms with Crippen LogP contribution in [0.4, 0.5) is 4.39 Å². The van der Waals surface area contributed by atoms with Crippen molar-refractivity contribution in [3.05, 3.63) is 35.6 Å². The van der Waals surface area contributed by atoms with E-state index in [1.54, 1.807) is 12.1 Å². The third kappa shape index (κ3) is 2.14. The Morgan fingerprint density at radius 3 is 3.05 bits per heavy atom. The molecular formula is C15H19FN2O. The largest absolute Gasteiger partial charge is 0.335 e. The zero-order valence-electron chi connectivity index (χ0n) is 11.1. The fourth-order valence-electron chi connectivity index (χ4n) is 3.57. The van der Waals surface area contributed by atoms with Crippen LogP contribution in [0.25, 0.3) is 0 Å². The van der Waals surface area contributed by atoms with Gasteiger partial charge in [0.25, 0.3) is 5.91 Å². The SMILES string of the molecule is CCC1C2CNCC2CN1C(=O)c1cccc(F)c1. The highest BCUT2D eigenvalue weighted by Crippen LogP contribution is 2.35. The van der Waals surface area contributed by atoms with Crippen LogP contribution in [-0.4, -0.2) is 36.5 Å². The molecule has 2 saturated heterocycles. The molecule has 2 aliphatic heterocycles. The van der Waals surface area contributed by atoms with Crippen LogP contribution >= 0.6 is 0 Å². The second kappa shape index (κ2) is 4.93. The third-order valence-electron chi connectivity index (χ3n) is 4.47. The van der Waals surface area contributed by atoms with Gasteiger partial charge in [-0.25, -0.2) is 4.39 Å². The van der Waals surface area contributed by atoms with Gasteiger partial charge in [0.1, 0.15) is 5.82 Å². The summed E-state index contributed by atoms with van der Waals surface area (Å²) < 4.78 is 13.2. The molecule has 0 aromatic heterocycles. The summed E-state index contributed by atoms with van der Waals surface area (Å²) >= 11 is 0. The molecule has 2 aliphatic rings. The maximum atomic E-state index is 13.2. The molecule has 0 bridgehead atoms. The number of carbonyl (C=O) groups excluding carboxylic acids is 1. The number of amides is 1. The fraction of sp³-hybridized carbons (Fsp3) is 0.533. The first kappa shape index (κ1) is 12.6. The predicted octanol–water partition coefficient (Wildman–Crippen LogP) is 1.90. The fourth-order valence-corrected chi connectivity index (χ4v) is 3.57. The van der Waals surface area contributed by atoms with E-state index in [9.17, 15) is 9.18 Å². The van der Waals surface area contributed by atoms with E-state index < -0.39 is 0 Å². The van der Waals surface area contributed by atoms with Crippen molar-refractivity contribution in [2.75, 3.05) is 19.6 Å². The first-order chi connectivity index (χ1) is 9.20. The Morgan fingerprint density at radius 2 is 2.32 bits per heavy atom. The van der Waals surface area contributed by atoms with E-state index in [0.29, 0.717) is 17.4 Å². The van der Waals surface area contributed by atoms with Gasteiger partial charge in [0, 0.05) is 31.2 Å². The highest BCUT2D eigenvalue weighted by Gasteiger charge is 2.45. The lowest BCUT2D eigenvalue weighted by atomic mass is 9.93. The van der Waals surface area contributed by atoms with Gasteiger partial charge >= 0.3 is 0 Å². The number of likely N-dealkylation sites (tertiary alicyclic amines) is 1. The molecule has 3 atom stereocenters. The lowest BCUT2D eigenvalue weighted by Gasteiger charge is -2.27. The van der Waals surface area contributed by atoms with Crippen molar-refractivity contribution in [2.24, 2.45) is 11.8 Å². The zero-order valence-corrected chi connectivity index (χ0v) is 11.1. The Kier molecular flexibility index (Phi) is 3.27. The summed E-state index contributed by atoms with van der Waals surface area (Å²) in [5.74, 6) is 0.741. The van der Waals surface area contributed by atoms with Crippen molar-refractivity contribution in [1.82, 2.24) is 10.2 Å². The van der Waals surface area contributed by atoms with E-state index in [1.807, 2.05) is 4.90 Å². The number of halogens is 1. The highest BCUT2D eigenvalue weighted by molar-refractivity contribution is 5.94. The molecule has 0 saturated carbocycles. The van der Waals surface area contributed by atoms with E-state index >= 15 is 0 Å². The standard InChI is InChI=1S/C15H19FN2O/c1-2-14-13-8-17-7-11(13)9-18(14)15(19)10-4-3-5-12(16)6-10/h3-6,11,13-14,17H,2,7-9H2,1H3. The first-order valence-electron chi connectivity index (χ1n) is 6.98. The second-order valence-electron chi connectivity index (χ2n) is 5.53. The molecule has 2 heterocycles. The van der Waals surface area contributed by atoms with Gasteiger partial charge in [-0.3, -0.25) is 4.79 Å². The summed E-state index contributed by atoms with van der Waals surface area (Å²) in [4.78, 5) is 14.5. The van der Waals surface area contributed by atoms with Crippen molar-refractivity contribution in [3.8, 4) is 0 Å². The molecule has 0 aliphatic carbocycles. The summed E-state index contributed by atoms with van der Waals surface area (Å²) in [6, 6.07) is 6.29. The molecule has 2 fully saturated rings. The Hall–Kier alpha value is -1.42. The van der Waals surface area contributed by atoms with E-state index in [4.69, 9.17) is 0 Å². The maximum Gasteiger partial charge on any atom is 0.254 e. The van der Waals surface area contributed by atoms with Crippen LogP contribution in [0.1, 0.15) is 23.7 Å². The smallest absolute Gasteiger partial charge is 0.254 e. The minimum Gasteiger partial charge on any atom is -0.335 e. The molecule has 3 unspecified atom stereocenters. The first-order valence-corrected chi connectivity index (χ1v) is 6.98. The number of rotatable bonds is 2. The number of fused-ring (bicyclic) bond motifs is 1. The number of benzene rings is 1. The minimum absolute atomic E-state index is 0.0271. The summed E-state index contributed by atoms with van der Waals surface area (Å²) in [7, 11) is 0. The Morgan fingerprint density at radius 1 is 1.47 bits per heavy atom. The van der Waals surface area contributed by atoms with Gasteiger partial charge in [-0.1, -0.05) is 13.0 Å². The van der Waals surface area contributed by atoms with E-state index in [-0.39, 0.29) is 17.8 Å². The number of hydrogen-bond donors (Lipinski definition) is 1. The van der Waals surface area contributed by atoms with Crippen LogP contribution in [0.5, 0.6) is 0 Å². The normalized spacial score (nSPS) is 29.6. The number of carbonyl (C=O) groups is 1. The van der Waals surface area contributed by atoms with Gasteiger partial charge in [-0.2, -0.15) is 0 Å². The van der Waals surface area contributed by atoms with Gasteiger partial charge in [0.15, 0.2) is 0 Å². The predicted molar refractivity (Wildman–Crippen MR) is 71.4 cm³/mol. The van der Waals surface area contributed by atoms with Crippen LogP contribution in [0.3, 0.4) is 0 Å². The second-order valence-corrected chi connectivity index (χ2v) is 5.53. The average Bonchev–Trinajstić information content (AvgIpc) is 2.97. The molecule has 0 radical (unpaired) electrons. The van der Waals surface area contributed by atoms with Crippen molar-refractivity contribution in [2.45, 2.75) is 19.4 Å². The lowest BCUT2D eigenvalue weighted by Crippen LogP contribution is -2.39. The van der Waals surface area contributed by atoms with Crippen molar-refractivity contribution < 1.29 is 9.18 Å². The quantitative estimate of drug-likeness (QED) is 0.883. The molecule has 3 rings (SSSR count). The summed E-state index contributed by atoms with van der Waals surface area (Å²) in [5.41, 5.74) is 0.464. The lowest BCUT2D eigenvalue weighted by molar-refractivity contribution is 0.0711. The van der Waals surface area contributed by atoms with Gasteiger partial charge in [0.05, 0.1) is 0 Å². The molecule has 3 nitrogen and oxygen atoms in total. The van der Waals surface area contributed by atoms with Crippen molar-refractivity contribution in [1.29, 1.82) is 0 Å². The third-order valence-corrected chi connectivity index (χ3v) is 4.47. The molecule has 0 spiro atoms. The Labute approximate surface area is 112 Å². The van der Waals surface area contributed by atoms with E-state index in [1.165, 1.54) is 12.1 Å². The Bertz CT molecular complexity index is 491. The highest BCUT2D eigenvalue weighted by atomic mass is 19.1. The van der Waals surface area contributed by atoms with Crippen molar-refractivity contribution >= 4 is 5.91 Å². The molecule has 1 aromatic rings. The van der Waals surface area contributed by atoms with Crippen LogP contribution in [0.15, 0.2) is 24.3 Å². The molecule has 4 heteroatoms. The molecule has 1 amide bonds. The van der Waals surface area contributed by atoms with Crippen LogP contribution in [0, 0.1) is 17.7 Å². The van der Waals surface area contributed by atoms with Crippen LogP contribution in [0.2, 0.25) is 0 Å². The van der Waals surface area contributed by atoms with Gasteiger partial charge in [0.2, 0.25) is 0 Å². The zero-order chi connectivity index (χ0) is 13.4. The molecule has 102 valence electrons. The number of nitrogens with one attached hydrogen (secondary N) is 1. The van der Waals surface area contributed by atoms with Crippen LogP contribution < -0.4 is 5.32 Å². The minimum atomic E-state index is -0.347. The summed E-state index contributed by atoms with van der Waals surface area (Å²) in [6.45, 7) is 4.91. The number of nitrogens with zero attached hydrogens (tertiary/aromatic N) is 1. The molecule has 1 aromatic carbocycles. The summed E-state index contributed by atoms with van der Waals surface area (Å²) in [6.07, 6.45) is 0.962.